The van der Waals surface area contributed by atoms with Gasteiger partial charge in [0.15, 0.2) is 6.61 Å². The standard InChI is InChI=1S/C27H28N4O4/c1-4-20-12-5-7-14-22(20)29-26(33)27(34)31-28-16-21-13-6-8-15-23(21)35-17-24(32)30-25-18(2)10-9-11-19(25)3/h5-16H,4,17H2,1-3H3,(H,29,33)(H,30,32)(H,31,34)/b28-16-. The molecule has 3 amide bonds. The first-order valence-corrected chi connectivity index (χ1v) is 11.2. The lowest BCUT2D eigenvalue weighted by molar-refractivity contribution is -0.136. The van der Waals surface area contributed by atoms with E-state index in [0.29, 0.717) is 17.0 Å². The molecule has 0 saturated carbocycles. The van der Waals surface area contributed by atoms with Crippen molar-refractivity contribution in [3.8, 4) is 5.75 Å². The van der Waals surface area contributed by atoms with Crippen molar-refractivity contribution >= 4 is 35.3 Å². The van der Waals surface area contributed by atoms with E-state index in [4.69, 9.17) is 4.74 Å². The maximum atomic E-state index is 12.4. The first-order chi connectivity index (χ1) is 16.9. The molecule has 0 bridgehead atoms. The smallest absolute Gasteiger partial charge is 0.329 e. The van der Waals surface area contributed by atoms with Crippen LogP contribution in [0.15, 0.2) is 71.8 Å². The number of rotatable bonds is 8. The van der Waals surface area contributed by atoms with Gasteiger partial charge in [0.05, 0.1) is 6.21 Å². The number of nitrogens with zero attached hydrogens (tertiary/aromatic N) is 1. The van der Waals surface area contributed by atoms with Crippen LogP contribution in [0.25, 0.3) is 0 Å². The lowest BCUT2D eigenvalue weighted by Crippen LogP contribution is -2.32. The van der Waals surface area contributed by atoms with Gasteiger partial charge in [0.2, 0.25) is 0 Å². The summed E-state index contributed by atoms with van der Waals surface area (Å²) in [6, 6.07) is 20.0. The number of hydrogen-bond acceptors (Lipinski definition) is 5. The highest BCUT2D eigenvalue weighted by Gasteiger charge is 2.14. The molecule has 0 aromatic heterocycles. The lowest BCUT2D eigenvalue weighted by Gasteiger charge is -2.13. The SMILES string of the molecule is CCc1ccccc1NC(=O)C(=O)N/N=C\c1ccccc1OCC(=O)Nc1c(C)cccc1C. The Bertz CT molecular complexity index is 1230. The van der Waals surface area contributed by atoms with Crippen LogP contribution in [0.4, 0.5) is 11.4 Å². The van der Waals surface area contributed by atoms with Gasteiger partial charge < -0.3 is 15.4 Å². The number of ether oxygens (including phenoxy) is 1. The molecule has 3 aromatic carbocycles. The summed E-state index contributed by atoms with van der Waals surface area (Å²) in [7, 11) is 0. The first-order valence-electron chi connectivity index (χ1n) is 11.2. The van der Waals surface area contributed by atoms with Crippen molar-refractivity contribution < 1.29 is 19.1 Å². The molecule has 0 aliphatic heterocycles. The van der Waals surface area contributed by atoms with Gasteiger partial charge in [0, 0.05) is 16.9 Å². The van der Waals surface area contributed by atoms with Crippen molar-refractivity contribution in [2.75, 3.05) is 17.2 Å². The second-order valence-corrected chi connectivity index (χ2v) is 7.81. The van der Waals surface area contributed by atoms with E-state index >= 15 is 0 Å². The molecule has 0 fully saturated rings. The van der Waals surface area contributed by atoms with Crippen molar-refractivity contribution in [2.24, 2.45) is 5.10 Å². The fourth-order valence-corrected chi connectivity index (χ4v) is 3.39. The van der Waals surface area contributed by atoms with Crippen molar-refractivity contribution in [3.63, 3.8) is 0 Å². The molecular weight excluding hydrogens is 444 g/mol. The largest absolute Gasteiger partial charge is 0.483 e. The Morgan fingerprint density at radius 3 is 2.29 bits per heavy atom. The molecule has 0 radical (unpaired) electrons. The number of carbonyl (C=O) groups excluding carboxylic acids is 3. The number of para-hydroxylation sites is 3. The zero-order chi connectivity index (χ0) is 25.2. The van der Waals surface area contributed by atoms with Crippen molar-refractivity contribution in [3.05, 3.63) is 89.0 Å². The number of carbonyl (C=O) groups is 3. The Morgan fingerprint density at radius 1 is 0.857 bits per heavy atom. The number of nitrogens with one attached hydrogen (secondary N) is 3. The van der Waals surface area contributed by atoms with Crippen LogP contribution in [-0.2, 0) is 20.8 Å². The van der Waals surface area contributed by atoms with Crippen molar-refractivity contribution in [1.82, 2.24) is 5.43 Å². The monoisotopic (exact) mass is 472 g/mol. The Hall–Kier alpha value is -4.46. The molecule has 0 heterocycles. The maximum Gasteiger partial charge on any atom is 0.329 e. The van der Waals surface area contributed by atoms with E-state index in [1.165, 1.54) is 6.21 Å². The molecule has 3 rings (SSSR count). The Balaban J connectivity index is 1.56. The van der Waals surface area contributed by atoms with E-state index < -0.39 is 11.8 Å². The Kier molecular flexibility index (Phi) is 8.72. The van der Waals surface area contributed by atoms with Gasteiger partial charge in [-0.1, -0.05) is 55.5 Å². The highest BCUT2D eigenvalue weighted by molar-refractivity contribution is 6.39. The van der Waals surface area contributed by atoms with Gasteiger partial charge in [-0.15, -0.1) is 0 Å². The normalized spacial score (nSPS) is 10.6. The van der Waals surface area contributed by atoms with E-state index in [-0.39, 0.29) is 12.5 Å². The minimum Gasteiger partial charge on any atom is -0.483 e. The third-order valence-corrected chi connectivity index (χ3v) is 5.25. The molecule has 0 atom stereocenters. The summed E-state index contributed by atoms with van der Waals surface area (Å²) in [6.07, 6.45) is 2.07. The second-order valence-electron chi connectivity index (χ2n) is 7.81. The van der Waals surface area contributed by atoms with Crippen LogP contribution in [0.5, 0.6) is 5.75 Å². The van der Waals surface area contributed by atoms with E-state index in [1.54, 1.807) is 36.4 Å². The number of anilines is 2. The van der Waals surface area contributed by atoms with E-state index in [2.05, 4.69) is 21.2 Å². The molecule has 8 nitrogen and oxygen atoms in total. The number of amides is 3. The fraction of sp³-hybridized carbons (Fsp3) is 0.185. The molecule has 8 heteroatoms. The molecule has 35 heavy (non-hydrogen) atoms. The summed E-state index contributed by atoms with van der Waals surface area (Å²) < 4.78 is 5.67. The zero-order valence-corrected chi connectivity index (χ0v) is 19.9. The summed E-state index contributed by atoms with van der Waals surface area (Å²) >= 11 is 0. The molecule has 3 N–H and O–H groups in total. The van der Waals surface area contributed by atoms with Crippen LogP contribution < -0.4 is 20.8 Å². The summed E-state index contributed by atoms with van der Waals surface area (Å²) in [4.78, 5) is 36.7. The van der Waals surface area contributed by atoms with Gasteiger partial charge in [-0.2, -0.15) is 5.10 Å². The molecule has 0 spiro atoms. The topological polar surface area (TPSA) is 109 Å². The summed E-state index contributed by atoms with van der Waals surface area (Å²) in [5, 5.41) is 9.32. The van der Waals surface area contributed by atoms with Gasteiger partial charge >= 0.3 is 11.8 Å². The quantitative estimate of drug-likeness (QED) is 0.262. The molecule has 0 aliphatic carbocycles. The first kappa shape index (κ1) is 25.2. The predicted octanol–water partition coefficient (Wildman–Crippen LogP) is 3.97. The van der Waals surface area contributed by atoms with E-state index in [9.17, 15) is 14.4 Å². The van der Waals surface area contributed by atoms with Gasteiger partial charge in [0.25, 0.3) is 5.91 Å². The maximum absolute atomic E-state index is 12.4. The van der Waals surface area contributed by atoms with Gasteiger partial charge in [0.1, 0.15) is 5.75 Å². The van der Waals surface area contributed by atoms with Crippen molar-refractivity contribution in [2.45, 2.75) is 27.2 Å². The molecule has 180 valence electrons. The number of hydrazone groups is 1. The van der Waals surface area contributed by atoms with E-state index in [0.717, 1.165) is 28.8 Å². The van der Waals surface area contributed by atoms with Crippen LogP contribution in [0.2, 0.25) is 0 Å². The zero-order valence-electron chi connectivity index (χ0n) is 19.9. The Morgan fingerprint density at radius 2 is 1.54 bits per heavy atom. The molecule has 0 saturated heterocycles. The predicted molar refractivity (Wildman–Crippen MR) is 137 cm³/mol. The lowest BCUT2D eigenvalue weighted by atomic mass is 10.1. The number of aryl methyl sites for hydroxylation is 3. The highest BCUT2D eigenvalue weighted by atomic mass is 16.5. The fourth-order valence-electron chi connectivity index (χ4n) is 3.39. The van der Waals surface area contributed by atoms with Crippen LogP contribution in [0.1, 0.15) is 29.2 Å². The summed E-state index contributed by atoms with van der Waals surface area (Å²) in [6.45, 7) is 5.60. The average Bonchev–Trinajstić information content (AvgIpc) is 2.86. The van der Waals surface area contributed by atoms with Crippen LogP contribution in [-0.4, -0.2) is 30.5 Å². The number of hydrogen-bond donors (Lipinski definition) is 3. The molecular formula is C27H28N4O4. The molecule has 0 aliphatic rings. The summed E-state index contributed by atoms with van der Waals surface area (Å²) in [5.41, 5.74) is 6.93. The van der Waals surface area contributed by atoms with Gasteiger partial charge in [-0.05, 0) is 55.2 Å². The summed E-state index contributed by atoms with van der Waals surface area (Å²) in [5.74, 6) is -1.62. The van der Waals surface area contributed by atoms with Crippen LogP contribution in [0.3, 0.4) is 0 Å². The highest BCUT2D eigenvalue weighted by Crippen LogP contribution is 2.20. The van der Waals surface area contributed by atoms with Gasteiger partial charge in [-0.25, -0.2) is 5.43 Å². The van der Waals surface area contributed by atoms with E-state index in [1.807, 2.05) is 51.1 Å². The average molecular weight is 473 g/mol. The third-order valence-electron chi connectivity index (χ3n) is 5.25. The molecule has 0 unspecified atom stereocenters. The minimum absolute atomic E-state index is 0.204. The van der Waals surface area contributed by atoms with Crippen LogP contribution >= 0.6 is 0 Å². The second kappa shape index (κ2) is 12.1. The van der Waals surface area contributed by atoms with Crippen LogP contribution in [0, 0.1) is 13.8 Å². The van der Waals surface area contributed by atoms with Crippen molar-refractivity contribution in [1.29, 1.82) is 0 Å². The minimum atomic E-state index is -0.904. The third kappa shape index (κ3) is 7.01. The molecule has 3 aromatic rings. The number of benzene rings is 3. The Labute approximate surface area is 204 Å². The van der Waals surface area contributed by atoms with Gasteiger partial charge in [-0.3, -0.25) is 14.4 Å².